The lowest BCUT2D eigenvalue weighted by molar-refractivity contribution is -0.0466. The maximum Gasteiger partial charge on any atom is 0.280 e. The van der Waals surface area contributed by atoms with Crippen molar-refractivity contribution in [1.29, 1.82) is 0 Å². The summed E-state index contributed by atoms with van der Waals surface area (Å²) in [5, 5.41) is 11.3. The minimum absolute atomic E-state index is 0.0183. The number of thiol groups is 1. The van der Waals surface area contributed by atoms with Gasteiger partial charge in [0.1, 0.15) is 24.5 Å². The van der Waals surface area contributed by atoms with Crippen LogP contribution in [0.4, 0.5) is 16.2 Å². The van der Waals surface area contributed by atoms with Crippen LogP contribution in [0.15, 0.2) is 22.4 Å². The molecule has 4 aliphatic heterocycles. The van der Waals surface area contributed by atoms with Crippen molar-refractivity contribution in [2.75, 3.05) is 25.1 Å². The van der Waals surface area contributed by atoms with Crippen LogP contribution < -0.4 is 11.3 Å². The van der Waals surface area contributed by atoms with Crippen molar-refractivity contribution in [2.24, 2.45) is 10.9 Å². The van der Waals surface area contributed by atoms with E-state index in [-0.39, 0.29) is 53.6 Å². The monoisotopic (exact) mass is 704 g/mol. The number of carbonyl (C=O) groups is 1. The lowest BCUT2D eigenvalue weighted by Crippen LogP contribution is -2.34. The Morgan fingerprint density at radius 2 is 1.89 bits per heavy atom. The number of ketones is 1. The van der Waals surface area contributed by atoms with Crippen LogP contribution >= 0.6 is 25.3 Å². The molecule has 2 bridgehead atoms. The number of anilines is 1. The predicted octanol–water partition coefficient (Wildman–Crippen LogP) is 0.855. The standard InChI is InChI=1S/C23H27FN8O9P2S2/c1-42(44)37-4-11-16(34)9(21(39-11)32-8-28-15-19(32)29-23(25)30-20(15)35)6-43(36,45)38-5-12-17(41-42)13(24)22(40-12)31-7-27-14-10(33)2-3-26-18(14)31/h3,7-9,11-13,16-17,21-22,34,44H,1-2,4-6H2,(H,36,45)(H3,25,29,30,35)/t9-,11-,12-,13+,16+,17-,21-,22-,42?,43?/m1/s1. The zero-order valence-corrected chi connectivity index (χ0v) is 26.5. The number of aliphatic hydroxyl groups is 1. The quantitative estimate of drug-likeness (QED) is 0.184. The Morgan fingerprint density at radius 1 is 1.16 bits per heavy atom. The van der Waals surface area contributed by atoms with Gasteiger partial charge in [-0.3, -0.25) is 23.7 Å². The summed E-state index contributed by atoms with van der Waals surface area (Å²) >= 11 is 9.94. The third-order valence-electron chi connectivity index (χ3n) is 7.90. The molecule has 22 heteroatoms. The first-order valence-corrected chi connectivity index (χ1v) is 19.4. The first-order valence-electron chi connectivity index (χ1n) is 13.6. The lowest BCUT2D eigenvalue weighted by Gasteiger charge is -2.29. The summed E-state index contributed by atoms with van der Waals surface area (Å²) in [7, 11) is 0. The molecule has 3 aromatic heterocycles. The van der Waals surface area contributed by atoms with E-state index in [0.717, 1.165) is 0 Å². The Labute approximate surface area is 263 Å². The van der Waals surface area contributed by atoms with E-state index in [1.54, 1.807) is 0 Å². The van der Waals surface area contributed by atoms with Crippen LogP contribution in [-0.4, -0.2) is 107 Å². The molecule has 0 spiro atoms. The van der Waals surface area contributed by atoms with Crippen molar-refractivity contribution in [1.82, 2.24) is 29.1 Å². The van der Waals surface area contributed by atoms with Gasteiger partial charge in [-0.05, 0) is 18.1 Å². The van der Waals surface area contributed by atoms with Crippen molar-refractivity contribution in [3.63, 3.8) is 0 Å². The minimum atomic E-state index is -3.73. The average Bonchev–Trinajstić information content (AvgIpc) is 3.72. The summed E-state index contributed by atoms with van der Waals surface area (Å²) in [6, 6.07) is 0. The SMILES string of the molecule is C=P1(S)OC[C@H]2O[C@@H](n3cnc4c(=O)[nH]c(N)nc43)[C@H](CP(O)(=S)OC[C@H]3O[C@@H](n4cnc5c4N=CCC5=O)[C@@H](F)[C@@H]3O1)[C@@H]2O. The first-order chi connectivity index (χ1) is 21.3. The summed E-state index contributed by atoms with van der Waals surface area (Å²) in [6.07, 6.45) is -1.30. The molecule has 0 aromatic carbocycles. The highest BCUT2D eigenvalue weighted by Gasteiger charge is 2.52. The highest BCUT2D eigenvalue weighted by Crippen LogP contribution is 2.58. The van der Waals surface area contributed by atoms with E-state index in [1.165, 1.54) is 28.0 Å². The summed E-state index contributed by atoms with van der Waals surface area (Å²) < 4.78 is 48.7. The number of aliphatic hydroxyl groups excluding tert-OH is 1. The van der Waals surface area contributed by atoms with Gasteiger partial charge < -0.3 is 38.8 Å². The van der Waals surface area contributed by atoms with Crippen molar-refractivity contribution in [3.8, 4) is 0 Å². The van der Waals surface area contributed by atoms with Gasteiger partial charge in [0, 0.05) is 24.7 Å². The number of nitrogens with zero attached hydrogens (tertiary/aromatic N) is 6. The number of imidazole rings is 2. The fourth-order valence-electron chi connectivity index (χ4n) is 5.82. The number of aromatic amines is 1. The van der Waals surface area contributed by atoms with E-state index in [9.17, 15) is 19.6 Å². The number of ether oxygens (including phenoxy) is 2. The molecular formula is C23H27FN8O9P2S2. The van der Waals surface area contributed by atoms with E-state index in [1.807, 2.05) is 0 Å². The number of H-pyrrole nitrogens is 1. The number of nitrogens with one attached hydrogen (secondary N) is 1. The highest BCUT2D eigenvalue weighted by molar-refractivity contribution is 8.47. The molecule has 3 saturated heterocycles. The molecule has 5 N–H and O–H groups in total. The molecule has 3 aromatic rings. The number of Topliss-reactive ketones (excluding diaryl/α,β-unsaturated/α-hetero) is 1. The van der Waals surface area contributed by atoms with Crippen LogP contribution in [0.3, 0.4) is 0 Å². The largest absolute Gasteiger partial charge is 0.390 e. The molecule has 7 rings (SSSR count). The van der Waals surface area contributed by atoms with Gasteiger partial charge in [0.15, 0.2) is 53.9 Å². The summed E-state index contributed by atoms with van der Waals surface area (Å²) in [6.45, 7) is -7.81. The topological polar surface area (TPSA) is 223 Å². The molecule has 2 unspecified atom stereocenters. The van der Waals surface area contributed by atoms with Gasteiger partial charge in [0.05, 0.1) is 32.0 Å². The van der Waals surface area contributed by atoms with Crippen molar-refractivity contribution in [2.45, 2.75) is 49.5 Å². The van der Waals surface area contributed by atoms with Gasteiger partial charge in [-0.15, -0.1) is 0 Å². The van der Waals surface area contributed by atoms with Crippen LogP contribution in [0.1, 0.15) is 29.4 Å². The molecule has 242 valence electrons. The van der Waals surface area contributed by atoms with Gasteiger partial charge in [-0.25, -0.2) is 19.4 Å². The van der Waals surface area contributed by atoms with Gasteiger partial charge in [-0.2, -0.15) is 4.98 Å². The zero-order valence-electron chi connectivity index (χ0n) is 23.0. The number of hydrogen-bond acceptors (Lipinski definition) is 15. The van der Waals surface area contributed by atoms with Gasteiger partial charge in [0.25, 0.3) is 5.56 Å². The molecule has 4 aliphatic rings. The second-order valence-corrected chi connectivity index (χ2v) is 18.1. The molecule has 0 aliphatic carbocycles. The molecule has 3 fully saturated rings. The number of aliphatic imine (C=N–C) groups is 1. The third-order valence-corrected chi connectivity index (χ3v) is 11.9. The number of aromatic nitrogens is 6. The minimum Gasteiger partial charge on any atom is -0.390 e. The van der Waals surface area contributed by atoms with Gasteiger partial charge in [0.2, 0.25) is 5.95 Å². The maximum absolute atomic E-state index is 16.1. The zero-order chi connectivity index (χ0) is 31.8. The van der Waals surface area contributed by atoms with Crippen LogP contribution in [0.2, 0.25) is 0 Å². The second kappa shape index (κ2) is 11.4. The van der Waals surface area contributed by atoms with E-state index < -0.39 is 74.2 Å². The van der Waals surface area contributed by atoms with E-state index in [2.05, 4.69) is 43.5 Å². The van der Waals surface area contributed by atoms with Gasteiger partial charge in [-0.1, -0.05) is 12.2 Å². The van der Waals surface area contributed by atoms with Crippen molar-refractivity contribution >= 4 is 78.3 Å². The molecule has 10 atom stereocenters. The lowest BCUT2D eigenvalue weighted by atomic mass is 10.0. The molecule has 0 amide bonds. The van der Waals surface area contributed by atoms with Crippen molar-refractivity contribution in [3.05, 3.63) is 28.7 Å². The fourth-order valence-corrected chi connectivity index (χ4v) is 9.53. The predicted molar refractivity (Wildman–Crippen MR) is 165 cm³/mol. The van der Waals surface area contributed by atoms with E-state index >= 15 is 4.39 Å². The molecular weight excluding hydrogens is 677 g/mol. The van der Waals surface area contributed by atoms with Crippen LogP contribution in [0.5, 0.6) is 0 Å². The fraction of sp³-hybridized carbons (Fsp3) is 0.522. The molecule has 17 nitrogen and oxygen atoms in total. The number of carbonyl (C=O) groups excluding carboxylic acids is 1. The number of rotatable bonds is 2. The Bertz CT molecular complexity index is 1870. The van der Waals surface area contributed by atoms with E-state index in [0.29, 0.717) is 0 Å². The van der Waals surface area contributed by atoms with Crippen molar-refractivity contribution < 1.29 is 42.2 Å². The number of nitrogen functional groups attached to an aromatic ring is 1. The van der Waals surface area contributed by atoms with Crippen LogP contribution in [-0.2, 0) is 34.9 Å². The summed E-state index contributed by atoms with van der Waals surface area (Å²) in [5.41, 5.74) is 5.33. The molecule has 45 heavy (non-hydrogen) atoms. The molecule has 0 radical (unpaired) electrons. The van der Waals surface area contributed by atoms with E-state index in [4.69, 9.17) is 40.6 Å². The normalized spacial score (nSPS) is 38.8. The number of alkyl halides is 1. The number of halogens is 1. The summed E-state index contributed by atoms with van der Waals surface area (Å²) in [4.78, 5) is 54.9. The number of fused-ring (bicyclic) bond motifs is 5. The van der Waals surface area contributed by atoms with Gasteiger partial charge >= 0.3 is 0 Å². The first kappa shape index (κ1) is 31.3. The highest BCUT2D eigenvalue weighted by atomic mass is 32.7. The molecule has 0 saturated carbocycles. The third kappa shape index (κ3) is 5.65. The number of hydrogen-bond donors (Lipinski definition) is 5. The second-order valence-electron chi connectivity index (χ2n) is 10.9. The molecule has 7 heterocycles. The Hall–Kier alpha value is -2.35. The van der Waals surface area contributed by atoms with Crippen LogP contribution in [0.25, 0.3) is 11.2 Å². The maximum atomic E-state index is 16.1. The smallest absolute Gasteiger partial charge is 0.280 e. The number of nitrogens with two attached hydrogens (primary N) is 1. The average molecular weight is 705 g/mol. The Kier molecular flexibility index (Phi) is 7.93. The Morgan fingerprint density at radius 3 is 2.69 bits per heavy atom. The Balaban J connectivity index is 1.20. The van der Waals surface area contributed by atoms with Crippen LogP contribution in [0, 0.1) is 5.92 Å². The summed E-state index contributed by atoms with van der Waals surface area (Å²) in [5.74, 6) is -1.19.